The first-order valence-electron chi connectivity index (χ1n) is 12.9. The number of aromatic hydroxyl groups is 2. The fourth-order valence-corrected chi connectivity index (χ4v) is 4.39. The molecule has 4 N–H and O–H groups in total. The van der Waals surface area contributed by atoms with E-state index in [0.29, 0.717) is 17.5 Å². The van der Waals surface area contributed by atoms with Crippen molar-refractivity contribution >= 4 is 29.6 Å². The van der Waals surface area contributed by atoms with Crippen molar-refractivity contribution in [1.29, 1.82) is 0 Å². The average Bonchev–Trinajstić information content (AvgIpc) is 3.52. The first-order chi connectivity index (χ1) is 19.2. The molecular formula is C28H32N4O8. The molecule has 212 valence electrons. The summed E-state index contributed by atoms with van der Waals surface area (Å²) in [6.07, 6.45) is -0.603. The number of aliphatic imine (C=N–C) groups is 2. The molecule has 0 bridgehead atoms. The van der Waals surface area contributed by atoms with E-state index in [9.17, 15) is 24.6 Å². The van der Waals surface area contributed by atoms with E-state index in [1.807, 2.05) is 0 Å². The number of phenolic OH excluding ortho intramolecular Hbond substituents is 2. The second kappa shape index (κ2) is 12.5. The molecule has 2 amide bonds. The van der Waals surface area contributed by atoms with Crippen LogP contribution < -0.4 is 10.6 Å². The number of rotatable bonds is 10. The summed E-state index contributed by atoms with van der Waals surface area (Å²) in [4.78, 5) is 46.7. The molecule has 40 heavy (non-hydrogen) atoms. The molecule has 0 radical (unpaired) electrons. The first kappa shape index (κ1) is 28.4. The van der Waals surface area contributed by atoms with Crippen molar-refractivity contribution in [3.05, 3.63) is 59.7 Å². The van der Waals surface area contributed by atoms with Crippen LogP contribution in [0.25, 0.3) is 0 Å². The van der Waals surface area contributed by atoms with E-state index in [2.05, 4.69) is 20.6 Å². The maximum absolute atomic E-state index is 13.0. The van der Waals surface area contributed by atoms with Gasteiger partial charge in [0.05, 0.1) is 18.2 Å². The Kier molecular flexibility index (Phi) is 8.87. The van der Waals surface area contributed by atoms with Crippen LogP contribution in [-0.2, 0) is 28.6 Å². The number of amides is 2. The molecule has 0 saturated carbocycles. The van der Waals surface area contributed by atoms with Crippen molar-refractivity contribution in [2.24, 2.45) is 9.98 Å². The van der Waals surface area contributed by atoms with Crippen molar-refractivity contribution in [3.8, 4) is 11.5 Å². The summed E-state index contributed by atoms with van der Waals surface area (Å²) in [6.45, 7) is 3.60. The number of nitrogens with zero attached hydrogens (tertiary/aromatic N) is 2. The lowest BCUT2D eigenvalue weighted by Crippen LogP contribution is -2.47. The third-order valence-corrected chi connectivity index (χ3v) is 6.57. The van der Waals surface area contributed by atoms with Crippen molar-refractivity contribution < 1.29 is 38.8 Å². The maximum atomic E-state index is 13.0. The number of phenols is 2. The van der Waals surface area contributed by atoms with Gasteiger partial charge in [-0.15, -0.1) is 0 Å². The molecule has 5 atom stereocenters. The van der Waals surface area contributed by atoms with Gasteiger partial charge in [0.1, 0.15) is 29.7 Å². The second-order valence-electron chi connectivity index (χ2n) is 9.46. The van der Waals surface area contributed by atoms with E-state index in [0.717, 1.165) is 0 Å². The molecule has 2 aliphatic heterocycles. The highest BCUT2D eigenvalue weighted by atomic mass is 16.5. The quantitative estimate of drug-likeness (QED) is 0.253. The number of carbonyl (C=O) groups excluding carboxylic acids is 3. The Labute approximate surface area is 231 Å². The SMILES string of the molecule is COC(=O)C(CCCNC(=O)C1N=C(c2ccccc2O)OC1C)NC(=O)C1N=C(c2ccccc2O)OC1C. The first-order valence-corrected chi connectivity index (χ1v) is 12.9. The van der Waals surface area contributed by atoms with E-state index in [4.69, 9.17) is 14.2 Å². The summed E-state index contributed by atoms with van der Waals surface area (Å²) in [6, 6.07) is 10.4. The largest absolute Gasteiger partial charge is 0.507 e. The maximum Gasteiger partial charge on any atom is 0.328 e. The fraction of sp³-hybridized carbons (Fsp3) is 0.393. The highest BCUT2D eigenvalue weighted by Crippen LogP contribution is 2.25. The third-order valence-electron chi connectivity index (χ3n) is 6.57. The number of hydrogen-bond acceptors (Lipinski definition) is 10. The number of methoxy groups -OCH3 is 1. The van der Waals surface area contributed by atoms with E-state index >= 15 is 0 Å². The highest BCUT2D eigenvalue weighted by molar-refractivity contribution is 6.01. The van der Waals surface area contributed by atoms with Gasteiger partial charge in [-0.25, -0.2) is 14.8 Å². The molecular weight excluding hydrogens is 520 g/mol. The van der Waals surface area contributed by atoms with Gasteiger partial charge in [-0.1, -0.05) is 24.3 Å². The molecule has 5 unspecified atom stereocenters. The summed E-state index contributed by atoms with van der Waals surface area (Å²) in [5, 5.41) is 25.6. The molecule has 2 aromatic carbocycles. The number of benzene rings is 2. The summed E-state index contributed by atoms with van der Waals surface area (Å²) in [5.74, 6) is -1.21. The standard InChI is InChI=1S/C28H32N4O8/c1-15-22(31-26(39-15)17-9-4-6-12-20(17)33)24(35)29-14-8-11-19(28(37)38-3)30-25(36)23-16(2)40-27(32-23)18-10-5-7-13-21(18)34/h4-7,9-10,12-13,15-16,19,22-23,33-34H,8,11,14H2,1-3H3,(H,29,35)(H,30,36). The van der Waals surface area contributed by atoms with E-state index in [1.54, 1.807) is 50.2 Å². The minimum atomic E-state index is -0.967. The minimum Gasteiger partial charge on any atom is -0.507 e. The molecule has 2 aromatic rings. The molecule has 0 spiro atoms. The number of hydrogen-bond donors (Lipinski definition) is 4. The molecule has 0 aliphatic carbocycles. The molecule has 0 saturated heterocycles. The molecule has 12 nitrogen and oxygen atoms in total. The van der Waals surface area contributed by atoms with Crippen LogP contribution in [0, 0.1) is 0 Å². The summed E-state index contributed by atoms with van der Waals surface area (Å²) in [5.41, 5.74) is 0.768. The number of carbonyl (C=O) groups is 3. The van der Waals surface area contributed by atoms with Crippen LogP contribution in [0.3, 0.4) is 0 Å². The predicted molar refractivity (Wildman–Crippen MR) is 144 cm³/mol. The predicted octanol–water partition coefficient (Wildman–Crippen LogP) is 1.42. The van der Waals surface area contributed by atoms with Gasteiger partial charge in [0.15, 0.2) is 12.1 Å². The van der Waals surface area contributed by atoms with E-state index < -0.39 is 42.2 Å². The van der Waals surface area contributed by atoms with Crippen LogP contribution >= 0.6 is 0 Å². The van der Waals surface area contributed by atoms with Gasteiger partial charge in [-0.2, -0.15) is 0 Å². The Bertz CT molecular complexity index is 1330. The summed E-state index contributed by atoms with van der Waals surface area (Å²) in [7, 11) is 1.22. The molecule has 12 heteroatoms. The summed E-state index contributed by atoms with van der Waals surface area (Å²) >= 11 is 0. The molecule has 0 aromatic heterocycles. The third kappa shape index (κ3) is 6.33. The van der Waals surface area contributed by atoms with E-state index in [1.165, 1.54) is 19.2 Å². The Morgan fingerprint density at radius 1 is 0.875 bits per heavy atom. The topological polar surface area (TPSA) is 168 Å². The van der Waals surface area contributed by atoms with Gasteiger partial charge in [-0.3, -0.25) is 9.59 Å². The zero-order valence-electron chi connectivity index (χ0n) is 22.4. The van der Waals surface area contributed by atoms with Crippen LogP contribution in [0.4, 0.5) is 0 Å². The Morgan fingerprint density at radius 2 is 1.38 bits per heavy atom. The van der Waals surface area contributed by atoms with Gasteiger partial charge in [-0.05, 0) is 51.0 Å². The lowest BCUT2D eigenvalue weighted by Gasteiger charge is -2.19. The van der Waals surface area contributed by atoms with Crippen molar-refractivity contribution in [2.45, 2.75) is 57.0 Å². The van der Waals surface area contributed by atoms with Gasteiger partial charge in [0.25, 0.3) is 0 Å². The van der Waals surface area contributed by atoms with Crippen LogP contribution in [-0.4, -0.2) is 83.8 Å². The highest BCUT2D eigenvalue weighted by Gasteiger charge is 2.37. The number of esters is 1. The van der Waals surface area contributed by atoms with Gasteiger partial charge in [0.2, 0.25) is 23.6 Å². The Morgan fingerprint density at radius 3 is 1.88 bits per heavy atom. The zero-order valence-corrected chi connectivity index (χ0v) is 22.4. The molecule has 2 aliphatic rings. The number of ether oxygens (including phenoxy) is 3. The second-order valence-corrected chi connectivity index (χ2v) is 9.46. The molecule has 2 heterocycles. The van der Waals surface area contributed by atoms with E-state index in [-0.39, 0.29) is 42.2 Å². The number of para-hydroxylation sites is 2. The fourth-order valence-electron chi connectivity index (χ4n) is 4.39. The molecule has 4 rings (SSSR count). The van der Waals surface area contributed by atoms with Crippen molar-refractivity contribution in [1.82, 2.24) is 10.6 Å². The lowest BCUT2D eigenvalue weighted by atomic mass is 10.1. The Balaban J connectivity index is 1.31. The van der Waals surface area contributed by atoms with Crippen LogP contribution in [0.15, 0.2) is 58.5 Å². The smallest absolute Gasteiger partial charge is 0.328 e. The van der Waals surface area contributed by atoms with Gasteiger partial charge in [0, 0.05) is 6.54 Å². The molecule has 0 fully saturated rings. The van der Waals surface area contributed by atoms with Crippen LogP contribution in [0.2, 0.25) is 0 Å². The van der Waals surface area contributed by atoms with Crippen LogP contribution in [0.5, 0.6) is 11.5 Å². The van der Waals surface area contributed by atoms with Crippen molar-refractivity contribution in [3.63, 3.8) is 0 Å². The normalized spacial score (nSPS) is 22.3. The van der Waals surface area contributed by atoms with Gasteiger partial charge >= 0.3 is 5.97 Å². The number of nitrogens with one attached hydrogen (secondary N) is 2. The van der Waals surface area contributed by atoms with Crippen LogP contribution in [0.1, 0.15) is 37.8 Å². The average molecular weight is 553 g/mol. The summed E-state index contributed by atoms with van der Waals surface area (Å²) < 4.78 is 16.2. The minimum absolute atomic E-state index is 0.00379. The Hall–Kier alpha value is -4.61. The van der Waals surface area contributed by atoms with Gasteiger partial charge < -0.3 is 35.1 Å². The monoisotopic (exact) mass is 552 g/mol. The van der Waals surface area contributed by atoms with Crippen molar-refractivity contribution in [2.75, 3.05) is 13.7 Å². The zero-order chi connectivity index (χ0) is 28.8. The lowest BCUT2D eigenvalue weighted by molar-refractivity contribution is -0.145.